The van der Waals surface area contributed by atoms with Gasteiger partial charge < -0.3 is 5.32 Å². The Morgan fingerprint density at radius 1 is 1.18 bits per heavy atom. The zero-order valence-corrected chi connectivity index (χ0v) is 11.5. The number of amides is 1. The average molecular weight is 235 g/mol. The van der Waals surface area contributed by atoms with Gasteiger partial charge in [0.05, 0.1) is 0 Å². The standard InChI is InChI=1S/C13H19NO.C2H6/c1-3-12(13(15)14-4-2)10-11-8-6-5-7-9-11;1-2/h5-9,12H,3-4,10H2,1-2H3,(H,14,15);1-2H3. The second-order valence-electron chi connectivity index (χ2n) is 3.69. The van der Waals surface area contributed by atoms with Crippen LogP contribution in [0.3, 0.4) is 0 Å². The fourth-order valence-electron chi connectivity index (χ4n) is 1.64. The summed E-state index contributed by atoms with van der Waals surface area (Å²) in [5, 5.41) is 2.88. The summed E-state index contributed by atoms with van der Waals surface area (Å²) < 4.78 is 0. The average Bonchev–Trinajstić information content (AvgIpc) is 2.39. The van der Waals surface area contributed by atoms with Crippen molar-refractivity contribution in [2.45, 2.75) is 40.5 Å². The summed E-state index contributed by atoms with van der Waals surface area (Å²) in [7, 11) is 0. The molecule has 0 spiro atoms. The Bertz CT molecular complexity index is 295. The molecule has 1 aromatic rings. The lowest BCUT2D eigenvalue weighted by molar-refractivity contribution is -0.124. The van der Waals surface area contributed by atoms with E-state index in [1.807, 2.05) is 39.0 Å². The van der Waals surface area contributed by atoms with Gasteiger partial charge in [0, 0.05) is 12.5 Å². The lowest BCUT2D eigenvalue weighted by atomic mass is 9.96. The number of hydrogen-bond acceptors (Lipinski definition) is 1. The first-order valence-corrected chi connectivity index (χ1v) is 6.59. The molecule has 96 valence electrons. The molecule has 0 aliphatic carbocycles. The Labute approximate surface area is 105 Å². The smallest absolute Gasteiger partial charge is 0.223 e. The van der Waals surface area contributed by atoms with Gasteiger partial charge in [0.1, 0.15) is 0 Å². The van der Waals surface area contributed by atoms with Crippen molar-refractivity contribution in [3.05, 3.63) is 35.9 Å². The first-order chi connectivity index (χ1) is 8.27. The summed E-state index contributed by atoms with van der Waals surface area (Å²) in [6.07, 6.45) is 1.73. The van der Waals surface area contributed by atoms with Gasteiger partial charge in [-0.15, -0.1) is 0 Å². The molecular weight excluding hydrogens is 210 g/mol. The van der Waals surface area contributed by atoms with E-state index in [0.29, 0.717) is 6.54 Å². The van der Waals surface area contributed by atoms with Crippen molar-refractivity contribution in [2.24, 2.45) is 5.92 Å². The lowest BCUT2D eigenvalue weighted by Gasteiger charge is -2.14. The zero-order valence-electron chi connectivity index (χ0n) is 11.5. The fourth-order valence-corrected chi connectivity index (χ4v) is 1.64. The van der Waals surface area contributed by atoms with Crippen LogP contribution in [0.4, 0.5) is 0 Å². The number of nitrogens with one attached hydrogen (secondary N) is 1. The topological polar surface area (TPSA) is 29.1 Å². The Hall–Kier alpha value is -1.31. The van der Waals surface area contributed by atoms with Crippen LogP contribution >= 0.6 is 0 Å². The monoisotopic (exact) mass is 235 g/mol. The third-order valence-corrected chi connectivity index (χ3v) is 2.54. The van der Waals surface area contributed by atoms with E-state index in [1.54, 1.807) is 0 Å². The lowest BCUT2D eigenvalue weighted by Crippen LogP contribution is -2.31. The van der Waals surface area contributed by atoms with E-state index >= 15 is 0 Å². The molecule has 0 fully saturated rings. The number of hydrogen-bond donors (Lipinski definition) is 1. The Morgan fingerprint density at radius 2 is 1.76 bits per heavy atom. The van der Waals surface area contributed by atoms with Gasteiger partial charge in [0.15, 0.2) is 0 Å². The highest BCUT2D eigenvalue weighted by Crippen LogP contribution is 2.12. The number of rotatable bonds is 5. The van der Waals surface area contributed by atoms with Crippen molar-refractivity contribution < 1.29 is 4.79 Å². The van der Waals surface area contributed by atoms with Crippen molar-refractivity contribution in [1.82, 2.24) is 5.32 Å². The molecule has 0 radical (unpaired) electrons. The molecule has 0 saturated carbocycles. The van der Waals surface area contributed by atoms with Gasteiger partial charge >= 0.3 is 0 Å². The SMILES string of the molecule is CC.CCNC(=O)C(CC)Cc1ccccc1. The quantitative estimate of drug-likeness (QED) is 0.832. The normalized spacial score (nSPS) is 11.1. The maximum Gasteiger partial charge on any atom is 0.223 e. The van der Waals surface area contributed by atoms with Crippen molar-refractivity contribution >= 4 is 5.91 Å². The molecule has 1 N–H and O–H groups in total. The maximum absolute atomic E-state index is 11.7. The van der Waals surface area contributed by atoms with Crippen molar-refractivity contribution in [1.29, 1.82) is 0 Å². The highest BCUT2D eigenvalue weighted by Gasteiger charge is 2.15. The fraction of sp³-hybridized carbons (Fsp3) is 0.533. The molecule has 17 heavy (non-hydrogen) atoms. The minimum atomic E-state index is 0.104. The maximum atomic E-state index is 11.7. The number of carbonyl (C=O) groups excluding carboxylic acids is 1. The van der Waals surface area contributed by atoms with Gasteiger partial charge in [-0.25, -0.2) is 0 Å². The summed E-state index contributed by atoms with van der Waals surface area (Å²) in [4.78, 5) is 11.7. The Morgan fingerprint density at radius 3 is 2.24 bits per heavy atom. The van der Waals surface area contributed by atoms with Crippen LogP contribution in [-0.2, 0) is 11.2 Å². The summed E-state index contributed by atoms with van der Waals surface area (Å²) in [6, 6.07) is 10.2. The zero-order chi connectivity index (χ0) is 13.1. The van der Waals surface area contributed by atoms with Crippen molar-refractivity contribution in [3.63, 3.8) is 0 Å². The van der Waals surface area contributed by atoms with E-state index in [2.05, 4.69) is 24.4 Å². The Kier molecular flexibility index (Phi) is 9.12. The van der Waals surface area contributed by atoms with E-state index in [9.17, 15) is 4.79 Å². The third kappa shape index (κ3) is 6.10. The molecule has 2 nitrogen and oxygen atoms in total. The molecule has 0 bridgehead atoms. The van der Waals surface area contributed by atoms with Crippen LogP contribution in [0.1, 0.15) is 39.7 Å². The molecule has 1 unspecified atom stereocenters. The number of carbonyl (C=O) groups is 1. The van der Waals surface area contributed by atoms with Crippen molar-refractivity contribution in [3.8, 4) is 0 Å². The van der Waals surface area contributed by atoms with Crippen LogP contribution in [0.15, 0.2) is 30.3 Å². The van der Waals surface area contributed by atoms with Crippen LogP contribution in [-0.4, -0.2) is 12.5 Å². The molecule has 0 heterocycles. The minimum Gasteiger partial charge on any atom is -0.356 e. The highest BCUT2D eigenvalue weighted by molar-refractivity contribution is 5.78. The molecule has 0 aromatic heterocycles. The minimum absolute atomic E-state index is 0.104. The third-order valence-electron chi connectivity index (χ3n) is 2.54. The second-order valence-corrected chi connectivity index (χ2v) is 3.69. The molecule has 1 aromatic carbocycles. The molecule has 1 amide bonds. The van der Waals surface area contributed by atoms with Gasteiger partial charge in [-0.2, -0.15) is 0 Å². The van der Waals surface area contributed by atoms with E-state index < -0.39 is 0 Å². The predicted octanol–water partition coefficient (Wildman–Crippen LogP) is 3.42. The summed E-state index contributed by atoms with van der Waals surface area (Å²) in [5.74, 6) is 0.274. The van der Waals surface area contributed by atoms with Gasteiger partial charge in [0.2, 0.25) is 5.91 Å². The summed E-state index contributed by atoms with van der Waals surface area (Å²) >= 11 is 0. The molecule has 1 rings (SSSR count). The van der Waals surface area contributed by atoms with Crippen molar-refractivity contribution in [2.75, 3.05) is 6.54 Å². The highest BCUT2D eigenvalue weighted by atomic mass is 16.1. The number of benzene rings is 1. The van der Waals surface area contributed by atoms with E-state index in [0.717, 1.165) is 12.8 Å². The molecule has 0 aliphatic heterocycles. The van der Waals surface area contributed by atoms with Gasteiger partial charge in [-0.3, -0.25) is 4.79 Å². The molecule has 2 heteroatoms. The molecule has 0 saturated heterocycles. The van der Waals surface area contributed by atoms with Gasteiger partial charge in [-0.05, 0) is 25.3 Å². The molecular formula is C15H25NO. The summed E-state index contributed by atoms with van der Waals surface area (Å²) in [6.45, 7) is 8.72. The molecule has 0 aliphatic rings. The second kappa shape index (κ2) is 9.88. The van der Waals surface area contributed by atoms with Crippen LogP contribution in [0.5, 0.6) is 0 Å². The predicted molar refractivity (Wildman–Crippen MR) is 74.0 cm³/mol. The van der Waals surface area contributed by atoms with Crippen LogP contribution in [0.25, 0.3) is 0 Å². The van der Waals surface area contributed by atoms with Crippen LogP contribution < -0.4 is 5.32 Å². The largest absolute Gasteiger partial charge is 0.356 e. The van der Waals surface area contributed by atoms with Crippen LogP contribution in [0.2, 0.25) is 0 Å². The van der Waals surface area contributed by atoms with E-state index in [-0.39, 0.29) is 11.8 Å². The Balaban J connectivity index is 0.00000121. The first kappa shape index (κ1) is 15.7. The van der Waals surface area contributed by atoms with E-state index in [4.69, 9.17) is 0 Å². The molecule has 1 atom stereocenters. The van der Waals surface area contributed by atoms with E-state index in [1.165, 1.54) is 5.56 Å². The van der Waals surface area contributed by atoms with Gasteiger partial charge in [-0.1, -0.05) is 51.1 Å². The van der Waals surface area contributed by atoms with Crippen LogP contribution in [0, 0.1) is 5.92 Å². The van der Waals surface area contributed by atoms with Gasteiger partial charge in [0.25, 0.3) is 0 Å². The first-order valence-electron chi connectivity index (χ1n) is 6.59. The summed E-state index contributed by atoms with van der Waals surface area (Å²) in [5.41, 5.74) is 1.23.